The van der Waals surface area contributed by atoms with E-state index in [-0.39, 0.29) is 11.5 Å². The van der Waals surface area contributed by atoms with Crippen LogP contribution in [-0.4, -0.2) is 10.2 Å². The predicted molar refractivity (Wildman–Crippen MR) is 118 cm³/mol. The molecule has 138 valence electrons. The summed E-state index contributed by atoms with van der Waals surface area (Å²) in [5.74, 6) is -0.197. The maximum absolute atomic E-state index is 10.1. The van der Waals surface area contributed by atoms with Crippen molar-refractivity contribution >= 4 is 21.5 Å². The number of hydrogen-bond donors (Lipinski definition) is 2. The van der Waals surface area contributed by atoms with Crippen LogP contribution in [0.1, 0.15) is 11.1 Å². The van der Waals surface area contributed by atoms with E-state index in [0.717, 1.165) is 17.5 Å². The number of hydrogen-bond acceptors (Lipinski definition) is 2. The van der Waals surface area contributed by atoms with E-state index >= 15 is 0 Å². The van der Waals surface area contributed by atoms with Crippen LogP contribution in [0.4, 0.5) is 0 Å². The summed E-state index contributed by atoms with van der Waals surface area (Å²) in [5, 5.41) is 24.8. The lowest BCUT2D eigenvalue weighted by Gasteiger charge is -2.16. The zero-order chi connectivity index (χ0) is 19.5. The molecule has 0 atom stereocenters. The third-order valence-electron chi connectivity index (χ3n) is 6.09. The van der Waals surface area contributed by atoms with Crippen molar-refractivity contribution in [2.45, 2.75) is 6.42 Å². The third-order valence-corrected chi connectivity index (χ3v) is 6.09. The van der Waals surface area contributed by atoms with Gasteiger partial charge in [0.1, 0.15) is 0 Å². The first-order valence-electron chi connectivity index (χ1n) is 9.79. The molecule has 0 fully saturated rings. The highest BCUT2D eigenvalue weighted by molar-refractivity contribution is 6.20. The summed E-state index contributed by atoms with van der Waals surface area (Å²) in [4.78, 5) is 0. The Morgan fingerprint density at radius 3 is 2.17 bits per heavy atom. The molecular weight excluding hydrogens is 356 g/mol. The average molecular weight is 374 g/mol. The molecule has 0 unspecified atom stereocenters. The van der Waals surface area contributed by atoms with E-state index < -0.39 is 0 Å². The molecule has 5 aromatic carbocycles. The highest BCUT2D eigenvalue weighted by atomic mass is 16.3. The number of aromatic hydroxyl groups is 2. The lowest BCUT2D eigenvalue weighted by Crippen LogP contribution is -1.91. The van der Waals surface area contributed by atoms with Gasteiger partial charge in [0.15, 0.2) is 11.5 Å². The Hall–Kier alpha value is -3.78. The fraction of sp³-hybridized carbons (Fsp3) is 0.0370. The zero-order valence-corrected chi connectivity index (χ0v) is 15.7. The van der Waals surface area contributed by atoms with Gasteiger partial charge in [0.05, 0.1) is 0 Å². The molecular formula is C27H18O2. The van der Waals surface area contributed by atoms with Gasteiger partial charge in [0.25, 0.3) is 0 Å². The molecule has 0 spiro atoms. The lowest BCUT2D eigenvalue weighted by molar-refractivity contribution is 0.404. The second-order valence-electron chi connectivity index (χ2n) is 7.66. The van der Waals surface area contributed by atoms with Crippen molar-refractivity contribution < 1.29 is 10.2 Å². The Balaban J connectivity index is 1.80. The van der Waals surface area contributed by atoms with Crippen LogP contribution >= 0.6 is 0 Å². The quantitative estimate of drug-likeness (QED) is 0.250. The monoisotopic (exact) mass is 374 g/mol. The molecule has 0 heterocycles. The molecule has 29 heavy (non-hydrogen) atoms. The van der Waals surface area contributed by atoms with Gasteiger partial charge in [-0.3, -0.25) is 0 Å². The second-order valence-corrected chi connectivity index (χ2v) is 7.66. The minimum atomic E-state index is -0.0999. The standard InChI is InChI=1S/C27H18O2/c28-24-13-12-17(15-25(24)29)19-10-5-11-22-20-8-3-4-9-21(20)26-18-7-2-1-6-16(18)14-23(26)27(19)22/h1-13,15,28-29H,14H2. The van der Waals surface area contributed by atoms with Crippen LogP contribution in [0.3, 0.4) is 0 Å². The van der Waals surface area contributed by atoms with Crippen molar-refractivity contribution in [3.8, 4) is 33.8 Å². The van der Waals surface area contributed by atoms with Crippen molar-refractivity contribution in [3.63, 3.8) is 0 Å². The van der Waals surface area contributed by atoms with Crippen molar-refractivity contribution in [2.24, 2.45) is 0 Å². The first-order chi connectivity index (χ1) is 14.2. The van der Waals surface area contributed by atoms with E-state index in [4.69, 9.17) is 0 Å². The first kappa shape index (κ1) is 16.2. The Bertz CT molecular complexity index is 1450. The Morgan fingerprint density at radius 2 is 1.31 bits per heavy atom. The molecule has 2 nitrogen and oxygen atoms in total. The topological polar surface area (TPSA) is 40.5 Å². The molecule has 0 saturated heterocycles. The number of rotatable bonds is 1. The molecule has 2 heteroatoms. The number of phenolic OH excluding ortho intramolecular Hbond substituents is 2. The molecule has 0 radical (unpaired) electrons. The summed E-state index contributed by atoms with van der Waals surface area (Å²) in [6.45, 7) is 0. The van der Waals surface area contributed by atoms with Crippen molar-refractivity contribution in [1.82, 2.24) is 0 Å². The molecule has 5 aromatic rings. The van der Waals surface area contributed by atoms with Gasteiger partial charge >= 0.3 is 0 Å². The van der Waals surface area contributed by atoms with Crippen molar-refractivity contribution in [1.29, 1.82) is 0 Å². The lowest BCUT2D eigenvalue weighted by atomic mass is 9.87. The Kier molecular flexibility index (Phi) is 3.27. The fourth-order valence-electron chi connectivity index (χ4n) is 4.85. The molecule has 0 aromatic heterocycles. The van der Waals surface area contributed by atoms with Gasteiger partial charge in [-0.1, -0.05) is 72.8 Å². The minimum absolute atomic E-state index is 0.0970. The van der Waals surface area contributed by atoms with Crippen molar-refractivity contribution in [3.05, 3.63) is 96.1 Å². The summed E-state index contributed by atoms with van der Waals surface area (Å²) in [7, 11) is 0. The van der Waals surface area contributed by atoms with E-state index in [1.165, 1.54) is 43.8 Å². The number of fused-ring (bicyclic) bond motifs is 8. The van der Waals surface area contributed by atoms with E-state index in [0.29, 0.717) is 0 Å². The van der Waals surface area contributed by atoms with Crippen LogP contribution < -0.4 is 0 Å². The molecule has 0 amide bonds. The van der Waals surface area contributed by atoms with E-state index in [2.05, 4.69) is 66.7 Å². The minimum Gasteiger partial charge on any atom is -0.504 e. The van der Waals surface area contributed by atoms with Gasteiger partial charge in [-0.25, -0.2) is 0 Å². The van der Waals surface area contributed by atoms with Gasteiger partial charge in [0.2, 0.25) is 0 Å². The maximum atomic E-state index is 10.1. The summed E-state index contributed by atoms with van der Waals surface area (Å²) in [6.07, 6.45) is 0.897. The molecule has 6 rings (SSSR count). The smallest absolute Gasteiger partial charge is 0.158 e. The SMILES string of the molecule is Oc1ccc(-c2cccc3c2c2c(c4ccccc43)-c3ccccc3C2)cc1O. The maximum Gasteiger partial charge on any atom is 0.158 e. The van der Waals surface area contributed by atoms with Gasteiger partial charge in [-0.2, -0.15) is 0 Å². The molecule has 1 aliphatic rings. The summed E-state index contributed by atoms with van der Waals surface area (Å²) in [5.41, 5.74) is 7.29. The molecule has 2 N–H and O–H groups in total. The second kappa shape index (κ2) is 5.86. The third kappa shape index (κ3) is 2.23. The van der Waals surface area contributed by atoms with Gasteiger partial charge in [-0.15, -0.1) is 0 Å². The molecule has 0 aliphatic heterocycles. The van der Waals surface area contributed by atoms with Gasteiger partial charge < -0.3 is 10.2 Å². The van der Waals surface area contributed by atoms with Crippen LogP contribution in [0.2, 0.25) is 0 Å². The van der Waals surface area contributed by atoms with Crippen LogP contribution in [0, 0.1) is 0 Å². The highest BCUT2D eigenvalue weighted by Crippen LogP contribution is 2.48. The molecule has 1 aliphatic carbocycles. The normalized spacial score (nSPS) is 12.3. The van der Waals surface area contributed by atoms with E-state index in [1.807, 2.05) is 6.07 Å². The molecule has 0 bridgehead atoms. The van der Waals surface area contributed by atoms with Crippen LogP contribution in [0.25, 0.3) is 43.8 Å². The summed E-state index contributed by atoms with van der Waals surface area (Å²) < 4.78 is 0. The Labute approximate surface area is 168 Å². The average Bonchev–Trinajstić information content (AvgIpc) is 3.15. The summed E-state index contributed by atoms with van der Waals surface area (Å²) in [6, 6.07) is 28.7. The van der Waals surface area contributed by atoms with Crippen LogP contribution in [0.15, 0.2) is 84.9 Å². The molecule has 0 saturated carbocycles. The van der Waals surface area contributed by atoms with Gasteiger partial charge in [0, 0.05) is 0 Å². The Morgan fingerprint density at radius 1 is 0.586 bits per heavy atom. The van der Waals surface area contributed by atoms with Gasteiger partial charge in [-0.05, 0) is 73.5 Å². The number of phenols is 2. The number of benzene rings is 5. The largest absolute Gasteiger partial charge is 0.504 e. The highest BCUT2D eigenvalue weighted by Gasteiger charge is 2.25. The predicted octanol–water partition coefficient (Wildman–Crippen LogP) is 6.64. The van der Waals surface area contributed by atoms with E-state index in [9.17, 15) is 10.2 Å². The first-order valence-corrected chi connectivity index (χ1v) is 9.79. The zero-order valence-electron chi connectivity index (χ0n) is 15.7. The fourth-order valence-corrected chi connectivity index (χ4v) is 4.85. The van der Waals surface area contributed by atoms with Crippen LogP contribution in [-0.2, 0) is 6.42 Å². The van der Waals surface area contributed by atoms with Crippen LogP contribution in [0.5, 0.6) is 11.5 Å². The van der Waals surface area contributed by atoms with Crippen molar-refractivity contribution in [2.75, 3.05) is 0 Å². The summed E-state index contributed by atoms with van der Waals surface area (Å²) >= 11 is 0. The van der Waals surface area contributed by atoms with E-state index in [1.54, 1.807) is 12.1 Å².